The first-order chi connectivity index (χ1) is 10.7. The van der Waals surface area contributed by atoms with Crippen molar-refractivity contribution in [1.29, 1.82) is 0 Å². The second-order valence-corrected chi connectivity index (χ2v) is 5.57. The molecule has 0 aliphatic heterocycles. The SMILES string of the molecule is CC[C@H](NC(=O)c1cc2cc(Cl)ccc2o1)c1ccccc1. The van der Waals surface area contributed by atoms with Crippen molar-refractivity contribution >= 4 is 28.5 Å². The number of carbonyl (C=O) groups excluding carboxylic acids is 1. The lowest BCUT2D eigenvalue weighted by molar-refractivity contribution is 0.0909. The van der Waals surface area contributed by atoms with E-state index >= 15 is 0 Å². The van der Waals surface area contributed by atoms with Crippen molar-refractivity contribution < 1.29 is 9.21 Å². The highest BCUT2D eigenvalue weighted by Crippen LogP contribution is 2.24. The second kappa shape index (κ2) is 6.24. The van der Waals surface area contributed by atoms with E-state index < -0.39 is 0 Å². The van der Waals surface area contributed by atoms with Crippen molar-refractivity contribution in [1.82, 2.24) is 5.32 Å². The summed E-state index contributed by atoms with van der Waals surface area (Å²) in [5, 5.41) is 4.45. The van der Waals surface area contributed by atoms with Crippen LogP contribution in [0.1, 0.15) is 35.5 Å². The van der Waals surface area contributed by atoms with Gasteiger partial charge in [0.15, 0.2) is 5.76 Å². The Hall–Kier alpha value is -2.26. The summed E-state index contributed by atoms with van der Waals surface area (Å²) in [4.78, 5) is 12.4. The molecule has 0 radical (unpaired) electrons. The number of nitrogens with one attached hydrogen (secondary N) is 1. The van der Waals surface area contributed by atoms with Gasteiger partial charge in [0.1, 0.15) is 5.58 Å². The Morgan fingerprint density at radius 3 is 2.68 bits per heavy atom. The van der Waals surface area contributed by atoms with E-state index in [4.69, 9.17) is 16.0 Å². The molecule has 0 spiro atoms. The van der Waals surface area contributed by atoms with E-state index in [1.54, 1.807) is 24.3 Å². The van der Waals surface area contributed by atoms with Crippen LogP contribution in [0.5, 0.6) is 0 Å². The van der Waals surface area contributed by atoms with Gasteiger partial charge in [0.05, 0.1) is 6.04 Å². The molecule has 4 heteroatoms. The predicted molar refractivity (Wildman–Crippen MR) is 88.2 cm³/mol. The Kier molecular flexibility index (Phi) is 4.16. The molecule has 3 rings (SSSR count). The lowest BCUT2D eigenvalue weighted by Crippen LogP contribution is -2.27. The van der Waals surface area contributed by atoms with Crippen LogP contribution >= 0.6 is 11.6 Å². The maximum absolute atomic E-state index is 12.4. The van der Waals surface area contributed by atoms with Gasteiger partial charge in [-0.25, -0.2) is 0 Å². The Balaban J connectivity index is 1.83. The van der Waals surface area contributed by atoms with Gasteiger partial charge in [0.25, 0.3) is 5.91 Å². The van der Waals surface area contributed by atoms with Crippen LogP contribution in [0.3, 0.4) is 0 Å². The molecule has 0 aliphatic rings. The van der Waals surface area contributed by atoms with E-state index in [-0.39, 0.29) is 11.9 Å². The van der Waals surface area contributed by atoms with Gasteiger partial charge < -0.3 is 9.73 Å². The molecule has 0 saturated carbocycles. The first-order valence-electron chi connectivity index (χ1n) is 7.22. The number of carbonyl (C=O) groups is 1. The van der Waals surface area contributed by atoms with Crippen LogP contribution in [0.25, 0.3) is 11.0 Å². The standard InChI is InChI=1S/C18H16ClNO2/c1-2-15(12-6-4-3-5-7-12)20-18(21)17-11-13-10-14(19)8-9-16(13)22-17/h3-11,15H,2H2,1H3,(H,20,21)/t15-/m0/s1. The first kappa shape index (κ1) is 14.7. The summed E-state index contributed by atoms with van der Waals surface area (Å²) in [6.07, 6.45) is 0.807. The van der Waals surface area contributed by atoms with E-state index in [0.29, 0.717) is 16.4 Å². The summed E-state index contributed by atoms with van der Waals surface area (Å²) in [6.45, 7) is 2.04. The Morgan fingerprint density at radius 2 is 1.95 bits per heavy atom. The molecule has 2 aromatic carbocycles. The van der Waals surface area contributed by atoms with E-state index in [0.717, 1.165) is 17.4 Å². The first-order valence-corrected chi connectivity index (χ1v) is 7.60. The molecule has 0 fully saturated rings. The van der Waals surface area contributed by atoms with Crippen LogP contribution in [0.2, 0.25) is 5.02 Å². The largest absolute Gasteiger partial charge is 0.451 e. The Labute approximate surface area is 133 Å². The quantitative estimate of drug-likeness (QED) is 0.739. The number of rotatable bonds is 4. The molecule has 1 aromatic heterocycles. The lowest BCUT2D eigenvalue weighted by Gasteiger charge is -2.16. The summed E-state index contributed by atoms with van der Waals surface area (Å²) >= 11 is 5.95. The summed E-state index contributed by atoms with van der Waals surface area (Å²) in [7, 11) is 0. The van der Waals surface area contributed by atoms with Crippen LogP contribution in [-0.2, 0) is 0 Å². The van der Waals surface area contributed by atoms with Crippen molar-refractivity contribution in [2.24, 2.45) is 0 Å². The number of amides is 1. The van der Waals surface area contributed by atoms with E-state index in [2.05, 4.69) is 5.32 Å². The zero-order valence-corrected chi connectivity index (χ0v) is 12.9. The molecular formula is C18H16ClNO2. The third-order valence-corrected chi connectivity index (χ3v) is 3.85. The van der Waals surface area contributed by atoms with Gasteiger partial charge >= 0.3 is 0 Å². The maximum Gasteiger partial charge on any atom is 0.287 e. The Bertz CT molecular complexity index is 795. The Morgan fingerprint density at radius 1 is 1.18 bits per heavy atom. The highest BCUT2D eigenvalue weighted by Gasteiger charge is 2.17. The molecule has 1 amide bonds. The summed E-state index contributed by atoms with van der Waals surface area (Å²) in [5.74, 6) is 0.0784. The summed E-state index contributed by atoms with van der Waals surface area (Å²) in [6, 6.07) is 16.9. The monoisotopic (exact) mass is 313 g/mol. The van der Waals surface area contributed by atoms with Gasteiger partial charge in [-0.3, -0.25) is 4.79 Å². The molecular weight excluding hydrogens is 298 g/mol. The molecule has 1 atom stereocenters. The van der Waals surface area contributed by atoms with Gasteiger partial charge in [-0.15, -0.1) is 0 Å². The van der Waals surface area contributed by atoms with Crippen LogP contribution < -0.4 is 5.32 Å². The number of fused-ring (bicyclic) bond motifs is 1. The third-order valence-electron chi connectivity index (χ3n) is 3.62. The fraction of sp³-hybridized carbons (Fsp3) is 0.167. The van der Waals surface area contributed by atoms with Crippen molar-refractivity contribution in [3.63, 3.8) is 0 Å². The van der Waals surface area contributed by atoms with Crippen LogP contribution in [0.15, 0.2) is 59.0 Å². The number of hydrogen-bond acceptors (Lipinski definition) is 2. The number of halogens is 1. The van der Waals surface area contributed by atoms with E-state index in [1.807, 2.05) is 37.3 Å². The van der Waals surface area contributed by atoms with Gasteiger partial charge in [-0.2, -0.15) is 0 Å². The highest BCUT2D eigenvalue weighted by atomic mass is 35.5. The summed E-state index contributed by atoms with van der Waals surface area (Å²) in [5.41, 5.74) is 1.74. The fourth-order valence-electron chi connectivity index (χ4n) is 2.46. The lowest BCUT2D eigenvalue weighted by atomic mass is 10.0. The van der Waals surface area contributed by atoms with E-state index in [1.165, 1.54) is 0 Å². The average Bonchev–Trinajstić information content (AvgIpc) is 2.96. The molecule has 0 saturated heterocycles. The average molecular weight is 314 g/mol. The predicted octanol–water partition coefficient (Wildman–Crippen LogP) is 4.97. The molecule has 0 unspecified atom stereocenters. The van der Waals surface area contributed by atoms with Crippen molar-refractivity contribution in [2.75, 3.05) is 0 Å². The maximum atomic E-state index is 12.4. The third kappa shape index (κ3) is 3.00. The minimum absolute atomic E-state index is 0.0366. The van der Waals surface area contributed by atoms with Crippen molar-refractivity contribution in [3.8, 4) is 0 Å². The van der Waals surface area contributed by atoms with Crippen molar-refractivity contribution in [2.45, 2.75) is 19.4 Å². The minimum atomic E-state index is -0.219. The summed E-state index contributed by atoms with van der Waals surface area (Å²) < 4.78 is 5.60. The molecule has 112 valence electrons. The fourth-order valence-corrected chi connectivity index (χ4v) is 2.64. The normalized spacial score (nSPS) is 12.3. The number of furan rings is 1. The zero-order chi connectivity index (χ0) is 15.5. The van der Waals surface area contributed by atoms with Crippen LogP contribution in [0, 0.1) is 0 Å². The minimum Gasteiger partial charge on any atom is -0.451 e. The van der Waals surface area contributed by atoms with Crippen LogP contribution in [0.4, 0.5) is 0 Å². The highest BCUT2D eigenvalue weighted by molar-refractivity contribution is 6.31. The van der Waals surface area contributed by atoms with Crippen molar-refractivity contribution in [3.05, 3.63) is 70.9 Å². The molecule has 3 nitrogen and oxygen atoms in total. The molecule has 0 aliphatic carbocycles. The van der Waals surface area contributed by atoms with Gasteiger partial charge in [-0.05, 0) is 36.2 Å². The van der Waals surface area contributed by atoms with E-state index in [9.17, 15) is 4.79 Å². The number of hydrogen-bond donors (Lipinski definition) is 1. The smallest absolute Gasteiger partial charge is 0.287 e. The number of benzene rings is 2. The second-order valence-electron chi connectivity index (χ2n) is 5.14. The van der Waals surface area contributed by atoms with Gasteiger partial charge in [0, 0.05) is 10.4 Å². The van der Waals surface area contributed by atoms with Gasteiger partial charge in [0.2, 0.25) is 0 Å². The molecule has 3 aromatic rings. The molecule has 1 N–H and O–H groups in total. The zero-order valence-electron chi connectivity index (χ0n) is 12.2. The molecule has 0 bridgehead atoms. The van der Waals surface area contributed by atoms with Crippen LogP contribution in [-0.4, -0.2) is 5.91 Å². The topological polar surface area (TPSA) is 42.2 Å². The van der Waals surface area contributed by atoms with Gasteiger partial charge in [-0.1, -0.05) is 48.9 Å². The molecule has 22 heavy (non-hydrogen) atoms. The molecule has 1 heterocycles.